The molecule has 2 N–H and O–H groups in total. The number of rotatable bonds is 7. The molecule has 1 heterocycles. The standard InChI is InChI=1S/C26H29N3O6/c1-26(2,3)35-25(33)29-16-18(19-12-8-9-13-21(19)29)14-20(24(32)34-4)28-22(30)15-27-23(31)17-10-6-5-7-11-17/h5-13,16,20H,14-15H2,1-4H3,(H,27,31)(H,28,30)/t20-/m1/s1. The molecule has 0 fully saturated rings. The van der Waals surface area contributed by atoms with E-state index in [1.807, 2.05) is 12.1 Å². The van der Waals surface area contributed by atoms with Crippen molar-refractivity contribution in [2.75, 3.05) is 13.7 Å². The third kappa shape index (κ3) is 6.69. The highest BCUT2D eigenvalue weighted by atomic mass is 16.6. The van der Waals surface area contributed by atoms with Gasteiger partial charge >= 0.3 is 12.1 Å². The van der Waals surface area contributed by atoms with Crippen LogP contribution in [0.2, 0.25) is 0 Å². The number of hydrogen-bond acceptors (Lipinski definition) is 6. The first-order valence-electron chi connectivity index (χ1n) is 11.1. The third-order valence-electron chi connectivity index (χ3n) is 5.08. The van der Waals surface area contributed by atoms with E-state index in [0.717, 1.165) is 5.39 Å². The number of carbonyl (C=O) groups excluding carboxylic acids is 4. The van der Waals surface area contributed by atoms with Gasteiger partial charge in [0.25, 0.3) is 5.91 Å². The van der Waals surface area contributed by atoms with Gasteiger partial charge in [0, 0.05) is 23.6 Å². The van der Waals surface area contributed by atoms with Crippen LogP contribution in [-0.4, -0.2) is 53.7 Å². The van der Waals surface area contributed by atoms with Crippen LogP contribution in [0, 0.1) is 0 Å². The molecule has 35 heavy (non-hydrogen) atoms. The second kappa shape index (κ2) is 10.9. The van der Waals surface area contributed by atoms with Crippen LogP contribution in [-0.2, 0) is 25.5 Å². The molecule has 9 heteroatoms. The van der Waals surface area contributed by atoms with E-state index in [4.69, 9.17) is 9.47 Å². The fourth-order valence-corrected chi connectivity index (χ4v) is 3.53. The number of benzene rings is 2. The predicted octanol–water partition coefficient (Wildman–Crippen LogP) is 3.05. The molecule has 0 aliphatic heterocycles. The van der Waals surface area contributed by atoms with Gasteiger partial charge in [-0.3, -0.25) is 14.2 Å². The number of hydrogen-bond donors (Lipinski definition) is 2. The second-order valence-electron chi connectivity index (χ2n) is 8.92. The van der Waals surface area contributed by atoms with Crippen LogP contribution in [0.25, 0.3) is 10.9 Å². The van der Waals surface area contributed by atoms with E-state index in [-0.39, 0.29) is 13.0 Å². The van der Waals surface area contributed by atoms with Gasteiger partial charge in [0.2, 0.25) is 5.91 Å². The third-order valence-corrected chi connectivity index (χ3v) is 5.08. The largest absolute Gasteiger partial charge is 0.467 e. The first-order valence-corrected chi connectivity index (χ1v) is 11.1. The number of fused-ring (bicyclic) bond motifs is 1. The van der Waals surface area contributed by atoms with Crippen LogP contribution in [0.3, 0.4) is 0 Å². The van der Waals surface area contributed by atoms with Gasteiger partial charge in [-0.05, 0) is 44.5 Å². The Hall–Kier alpha value is -4.14. The number of amides is 2. The van der Waals surface area contributed by atoms with Crippen molar-refractivity contribution in [3.63, 3.8) is 0 Å². The lowest BCUT2D eigenvalue weighted by Gasteiger charge is -2.19. The van der Waals surface area contributed by atoms with Crippen LogP contribution in [0.1, 0.15) is 36.7 Å². The fourth-order valence-electron chi connectivity index (χ4n) is 3.53. The van der Waals surface area contributed by atoms with Gasteiger partial charge in [0.05, 0.1) is 19.2 Å². The first-order chi connectivity index (χ1) is 16.6. The van der Waals surface area contributed by atoms with Crippen molar-refractivity contribution >= 4 is 34.8 Å². The van der Waals surface area contributed by atoms with Crippen LogP contribution in [0.4, 0.5) is 4.79 Å². The van der Waals surface area contributed by atoms with Gasteiger partial charge in [-0.1, -0.05) is 36.4 Å². The Bertz CT molecular complexity index is 1230. The molecule has 0 bridgehead atoms. The molecule has 2 amide bonds. The SMILES string of the molecule is COC(=O)[C@@H](Cc1cn(C(=O)OC(C)(C)C)c2ccccc12)NC(=O)CNC(=O)c1ccccc1. The van der Waals surface area contributed by atoms with E-state index in [1.54, 1.807) is 69.4 Å². The summed E-state index contributed by atoms with van der Waals surface area (Å²) in [6.45, 7) is 5.01. The lowest BCUT2D eigenvalue weighted by atomic mass is 10.0. The summed E-state index contributed by atoms with van der Waals surface area (Å²) >= 11 is 0. The number of esters is 1. The number of para-hydroxylation sites is 1. The number of carbonyl (C=O) groups is 4. The minimum Gasteiger partial charge on any atom is -0.467 e. The Morgan fingerprint density at radius 2 is 1.63 bits per heavy atom. The molecule has 184 valence electrons. The molecule has 0 aliphatic carbocycles. The number of aromatic nitrogens is 1. The predicted molar refractivity (Wildman–Crippen MR) is 130 cm³/mol. The maximum absolute atomic E-state index is 12.7. The Morgan fingerprint density at radius 1 is 0.971 bits per heavy atom. The summed E-state index contributed by atoms with van der Waals surface area (Å²) in [6, 6.07) is 14.7. The van der Waals surface area contributed by atoms with Crippen LogP contribution >= 0.6 is 0 Å². The van der Waals surface area contributed by atoms with Gasteiger partial charge in [-0.15, -0.1) is 0 Å². The molecule has 0 spiro atoms. The van der Waals surface area contributed by atoms with Crippen molar-refractivity contribution in [2.24, 2.45) is 0 Å². The summed E-state index contributed by atoms with van der Waals surface area (Å²) in [6.07, 6.45) is 1.11. The highest BCUT2D eigenvalue weighted by Crippen LogP contribution is 2.24. The molecule has 0 saturated heterocycles. The summed E-state index contributed by atoms with van der Waals surface area (Å²) in [7, 11) is 1.22. The Morgan fingerprint density at radius 3 is 2.29 bits per heavy atom. The van der Waals surface area contributed by atoms with Gasteiger partial charge in [-0.25, -0.2) is 9.59 Å². The number of methoxy groups -OCH3 is 1. The maximum atomic E-state index is 12.7. The highest BCUT2D eigenvalue weighted by Gasteiger charge is 2.26. The summed E-state index contributed by atoms with van der Waals surface area (Å²) in [5, 5.41) is 5.87. The summed E-state index contributed by atoms with van der Waals surface area (Å²) < 4.78 is 11.8. The quantitative estimate of drug-likeness (QED) is 0.503. The summed E-state index contributed by atoms with van der Waals surface area (Å²) in [5.74, 6) is -1.61. The van der Waals surface area contributed by atoms with E-state index >= 15 is 0 Å². The molecule has 0 saturated carbocycles. The smallest absolute Gasteiger partial charge is 0.419 e. The molecule has 0 unspecified atom stereocenters. The normalized spacial score (nSPS) is 12.0. The first kappa shape index (κ1) is 25.5. The monoisotopic (exact) mass is 479 g/mol. The van der Waals surface area contributed by atoms with Crippen molar-refractivity contribution < 1.29 is 28.7 Å². The average molecular weight is 480 g/mol. The number of ether oxygens (including phenoxy) is 2. The highest BCUT2D eigenvalue weighted by molar-refractivity contribution is 5.97. The second-order valence-corrected chi connectivity index (χ2v) is 8.92. The molecule has 1 aromatic heterocycles. The topological polar surface area (TPSA) is 116 Å². The van der Waals surface area contributed by atoms with Crippen molar-refractivity contribution in [2.45, 2.75) is 38.8 Å². The van der Waals surface area contributed by atoms with Crippen LogP contribution < -0.4 is 10.6 Å². The minimum atomic E-state index is -1.03. The van der Waals surface area contributed by atoms with E-state index in [9.17, 15) is 19.2 Å². The average Bonchev–Trinajstić information content (AvgIpc) is 3.19. The molecule has 3 aromatic rings. The van der Waals surface area contributed by atoms with Crippen LogP contribution in [0.15, 0.2) is 60.8 Å². The van der Waals surface area contributed by atoms with E-state index in [2.05, 4.69) is 10.6 Å². The molecule has 9 nitrogen and oxygen atoms in total. The molecule has 0 aliphatic rings. The zero-order valence-corrected chi connectivity index (χ0v) is 20.2. The maximum Gasteiger partial charge on any atom is 0.419 e. The van der Waals surface area contributed by atoms with Crippen molar-refractivity contribution in [3.8, 4) is 0 Å². The summed E-state index contributed by atoms with van der Waals surface area (Å²) in [4.78, 5) is 49.9. The molecule has 3 rings (SSSR count). The van der Waals surface area contributed by atoms with Crippen molar-refractivity contribution in [1.29, 1.82) is 0 Å². The molecular weight excluding hydrogens is 450 g/mol. The lowest BCUT2D eigenvalue weighted by molar-refractivity contribution is -0.144. The lowest BCUT2D eigenvalue weighted by Crippen LogP contribution is -2.47. The van der Waals surface area contributed by atoms with E-state index in [0.29, 0.717) is 16.6 Å². The Kier molecular flexibility index (Phi) is 7.91. The minimum absolute atomic E-state index is 0.0708. The van der Waals surface area contributed by atoms with E-state index < -0.39 is 35.5 Å². The zero-order chi connectivity index (χ0) is 25.6. The molecule has 2 aromatic carbocycles. The fraction of sp³-hybridized carbons (Fsp3) is 0.308. The Labute approximate surface area is 203 Å². The van der Waals surface area contributed by atoms with Crippen molar-refractivity contribution in [1.82, 2.24) is 15.2 Å². The zero-order valence-electron chi connectivity index (χ0n) is 20.2. The number of nitrogens with one attached hydrogen (secondary N) is 2. The number of nitrogens with zero attached hydrogens (tertiary/aromatic N) is 1. The van der Waals surface area contributed by atoms with Crippen LogP contribution in [0.5, 0.6) is 0 Å². The Balaban J connectivity index is 1.76. The van der Waals surface area contributed by atoms with Crippen molar-refractivity contribution in [3.05, 3.63) is 71.9 Å². The summed E-state index contributed by atoms with van der Waals surface area (Å²) in [5.41, 5.74) is 0.993. The van der Waals surface area contributed by atoms with Gasteiger partial charge in [0.1, 0.15) is 11.6 Å². The molecule has 1 atom stereocenters. The van der Waals surface area contributed by atoms with E-state index in [1.165, 1.54) is 11.7 Å². The van der Waals surface area contributed by atoms with Gasteiger partial charge in [0.15, 0.2) is 0 Å². The molecular formula is C26H29N3O6. The van der Waals surface area contributed by atoms with Gasteiger partial charge < -0.3 is 20.1 Å². The molecule has 0 radical (unpaired) electrons. The van der Waals surface area contributed by atoms with Gasteiger partial charge in [-0.2, -0.15) is 0 Å².